The maximum absolute atomic E-state index is 14.0. The molecule has 2 aliphatic carbocycles. The molecule has 3 fully saturated rings. The van der Waals surface area contributed by atoms with Crippen LogP contribution in [0.4, 0.5) is 32.0 Å². The number of amides is 4. The number of anilines is 1. The van der Waals surface area contributed by atoms with Crippen LogP contribution in [0.3, 0.4) is 0 Å². The van der Waals surface area contributed by atoms with Gasteiger partial charge in [-0.1, -0.05) is 39.7 Å². The predicted octanol–water partition coefficient (Wildman–Crippen LogP) is 6.65. The van der Waals surface area contributed by atoms with Gasteiger partial charge in [-0.15, -0.1) is 23.2 Å². The van der Waals surface area contributed by atoms with Gasteiger partial charge in [0.15, 0.2) is 9.75 Å². The highest BCUT2D eigenvalue weighted by Gasteiger charge is 2.76. The Morgan fingerprint density at radius 2 is 1.52 bits per heavy atom. The number of carbonyl (C=O) groups excluding carboxylic acids is 4. The molecular formula is C30H21BrCl2F6N2O5. The number of halogens is 9. The van der Waals surface area contributed by atoms with Crippen molar-refractivity contribution in [2.24, 2.45) is 17.8 Å². The van der Waals surface area contributed by atoms with Crippen LogP contribution < -0.4 is 4.90 Å². The number of alkyl halides is 9. The maximum atomic E-state index is 14.0. The Bertz CT molecular complexity index is 1730. The quantitative estimate of drug-likeness (QED) is 0.125. The van der Waals surface area contributed by atoms with Crippen molar-refractivity contribution >= 4 is 68.4 Å². The first kappa shape index (κ1) is 32.8. The molecule has 16 heteroatoms. The molecule has 6 unspecified atom stereocenters. The van der Waals surface area contributed by atoms with E-state index in [0.29, 0.717) is 33.7 Å². The molecule has 0 aromatic heterocycles. The highest BCUT2D eigenvalue weighted by molar-refractivity contribution is 9.09. The Morgan fingerprint density at radius 1 is 0.913 bits per heavy atom. The van der Waals surface area contributed by atoms with Crippen LogP contribution in [0.15, 0.2) is 48.0 Å². The monoisotopic (exact) mass is 752 g/mol. The molecule has 2 heterocycles. The first-order valence-electron chi connectivity index (χ1n) is 13.7. The third kappa shape index (κ3) is 4.45. The summed E-state index contributed by atoms with van der Waals surface area (Å²) in [4.78, 5) is 52.0. The first-order chi connectivity index (χ1) is 21.3. The largest absolute Gasteiger partial charge is 0.508 e. The van der Waals surface area contributed by atoms with Crippen molar-refractivity contribution in [3.63, 3.8) is 0 Å². The van der Waals surface area contributed by atoms with Gasteiger partial charge in [-0.25, -0.2) is 4.90 Å². The zero-order valence-corrected chi connectivity index (χ0v) is 26.4. The molecule has 0 spiro atoms. The second-order valence-electron chi connectivity index (χ2n) is 11.8. The maximum Gasteiger partial charge on any atom is 0.416 e. The molecule has 7 nitrogen and oxygen atoms in total. The van der Waals surface area contributed by atoms with Crippen molar-refractivity contribution in [3.05, 3.63) is 70.3 Å². The van der Waals surface area contributed by atoms with E-state index in [4.69, 9.17) is 23.2 Å². The fraction of sp³-hybridized carbons (Fsp3) is 0.400. The molecule has 2 aromatic rings. The summed E-state index contributed by atoms with van der Waals surface area (Å²) in [7, 11) is 0. The van der Waals surface area contributed by atoms with Crippen LogP contribution in [-0.2, 0) is 31.5 Å². The number of rotatable bonds is 3. The number of aryl methyl sites for hydroxylation is 1. The van der Waals surface area contributed by atoms with Gasteiger partial charge in [-0.3, -0.25) is 24.1 Å². The zero-order chi connectivity index (χ0) is 33.9. The van der Waals surface area contributed by atoms with E-state index in [1.54, 1.807) is 13.0 Å². The van der Waals surface area contributed by atoms with E-state index in [1.165, 1.54) is 18.2 Å². The standard InChI is InChI=1S/C30H21BrCl2F6N2O5/c1-12-6-13(2-5-20(12)42)22-17-3-4-18-21(19(17)10-27(32)25(45)40(11-31)26(46)28(22,27)33)24(44)41(23(18)43)16-8-14(29(34,35)36)7-15(9-16)30(37,38)39/h2-3,5-9,18-19,21-22,42H,4,10-11H2,1H3. The third-order valence-electron chi connectivity index (χ3n) is 9.40. The molecule has 1 saturated carbocycles. The van der Waals surface area contributed by atoms with E-state index < -0.39 is 92.6 Å². The minimum atomic E-state index is -5.23. The van der Waals surface area contributed by atoms with Gasteiger partial charge >= 0.3 is 12.4 Å². The van der Waals surface area contributed by atoms with E-state index in [2.05, 4.69) is 15.9 Å². The molecule has 46 heavy (non-hydrogen) atoms. The Kier molecular flexibility index (Phi) is 7.46. The van der Waals surface area contributed by atoms with Crippen molar-refractivity contribution in [1.82, 2.24) is 4.90 Å². The molecule has 2 aromatic carbocycles. The number of aromatic hydroxyl groups is 1. The number of benzene rings is 2. The minimum absolute atomic E-state index is 0.0861. The number of likely N-dealkylation sites (tertiary alicyclic amines) is 1. The molecule has 6 atom stereocenters. The summed E-state index contributed by atoms with van der Waals surface area (Å²) < 4.78 is 81.9. The van der Waals surface area contributed by atoms with Crippen molar-refractivity contribution in [2.75, 3.05) is 10.4 Å². The summed E-state index contributed by atoms with van der Waals surface area (Å²) in [6, 6.07) is 4.84. The van der Waals surface area contributed by atoms with Crippen LogP contribution in [0.5, 0.6) is 5.75 Å². The van der Waals surface area contributed by atoms with E-state index in [9.17, 15) is 50.6 Å². The van der Waals surface area contributed by atoms with Gasteiger partial charge in [0.2, 0.25) is 11.8 Å². The first-order valence-corrected chi connectivity index (χ1v) is 15.6. The number of nitrogens with zero attached hydrogens (tertiary/aromatic N) is 2. The molecule has 244 valence electrons. The number of allylic oxidation sites excluding steroid dienone is 2. The fourth-order valence-corrected chi connectivity index (χ4v) is 8.73. The summed E-state index contributed by atoms with van der Waals surface area (Å²) in [5, 5.41) is 10.2. The molecule has 2 saturated heterocycles. The SMILES string of the molecule is Cc1cc(C2C3=CCC4C(=O)N(c5cc(C(F)(F)F)cc(C(F)(F)F)c5)C(=O)C4C3CC3(Cl)C(=O)N(CBr)C(=O)C23Cl)ccc1O. The van der Waals surface area contributed by atoms with Crippen LogP contribution in [0.1, 0.15) is 41.0 Å². The van der Waals surface area contributed by atoms with Gasteiger partial charge in [0, 0.05) is 5.92 Å². The minimum Gasteiger partial charge on any atom is -0.508 e. The van der Waals surface area contributed by atoms with Gasteiger partial charge in [0.1, 0.15) is 5.75 Å². The van der Waals surface area contributed by atoms with Crippen molar-refractivity contribution < 1.29 is 50.6 Å². The van der Waals surface area contributed by atoms with Crippen LogP contribution in [0, 0.1) is 24.7 Å². The van der Waals surface area contributed by atoms with E-state index in [-0.39, 0.29) is 23.7 Å². The average Bonchev–Trinajstić information content (AvgIpc) is 3.31. The molecule has 0 bridgehead atoms. The molecule has 6 rings (SSSR count). The van der Waals surface area contributed by atoms with Crippen molar-refractivity contribution in [1.29, 1.82) is 0 Å². The summed E-state index contributed by atoms with van der Waals surface area (Å²) in [5.74, 6) is -8.69. The highest BCUT2D eigenvalue weighted by atomic mass is 79.9. The zero-order valence-electron chi connectivity index (χ0n) is 23.3. The highest BCUT2D eigenvalue weighted by Crippen LogP contribution is 2.65. The molecule has 1 N–H and O–H groups in total. The lowest BCUT2D eigenvalue weighted by atomic mass is 9.56. The smallest absolute Gasteiger partial charge is 0.416 e. The van der Waals surface area contributed by atoms with Crippen LogP contribution in [-0.4, -0.2) is 48.8 Å². The van der Waals surface area contributed by atoms with Crippen molar-refractivity contribution in [2.45, 2.75) is 47.8 Å². The Balaban J connectivity index is 1.51. The number of carbonyl (C=O) groups is 4. The topological polar surface area (TPSA) is 95.0 Å². The molecule has 4 aliphatic rings. The number of imide groups is 2. The van der Waals surface area contributed by atoms with Gasteiger partial charge in [0.25, 0.3) is 11.8 Å². The van der Waals surface area contributed by atoms with Gasteiger partial charge < -0.3 is 5.11 Å². The van der Waals surface area contributed by atoms with E-state index >= 15 is 0 Å². The summed E-state index contributed by atoms with van der Waals surface area (Å²) >= 11 is 17.3. The molecule has 0 radical (unpaired) electrons. The lowest BCUT2D eigenvalue weighted by molar-refractivity contribution is -0.143. The number of hydrogen-bond acceptors (Lipinski definition) is 5. The molecule has 2 aliphatic heterocycles. The fourth-order valence-electron chi connectivity index (χ4n) is 7.31. The second kappa shape index (κ2) is 10.4. The number of phenolic OH excluding ortho intramolecular Hbond substituents is 1. The number of fused-ring (bicyclic) bond motifs is 4. The van der Waals surface area contributed by atoms with Crippen LogP contribution in [0.2, 0.25) is 0 Å². The normalized spacial score (nSPS) is 31.2. The molecule has 4 amide bonds. The Morgan fingerprint density at radius 3 is 2.07 bits per heavy atom. The number of phenols is 1. The van der Waals surface area contributed by atoms with Crippen LogP contribution >= 0.6 is 39.1 Å². The summed E-state index contributed by atoms with van der Waals surface area (Å²) in [5.41, 5.74) is -3.49. The summed E-state index contributed by atoms with van der Waals surface area (Å²) in [6.45, 7) is 1.58. The van der Waals surface area contributed by atoms with Gasteiger partial charge in [-0.05, 0) is 61.1 Å². The average molecular weight is 754 g/mol. The van der Waals surface area contributed by atoms with Gasteiger partial charge in [0.05, 0.1) is 34.1 Å². The third-order valence-corrected chi connectivity index (χ3v) is 11.3. The summed E-state index contributed by atoms with van der Waals surface area (Å²) in [6.07, 6.45) is -9.49. The lowest BCUT2D eigenvalue weighted by Gasteiger charge is -2.50. The lowest BCUT2D eigenvalue weighted by Crippen LogP contribution is -2.60. The van der Waals surface area contributed by atoms with Gasteiger partial charge in [-0.2, -0.15) is 26.3 Å². The van der Waals surface area contributed by atoms with Crippen molar-refractivity contribution in [3.8, 4) is 5.75 Å². The Labute approximate surface area is 275 Å². The van der Waals surface area contributed by atoms with Crippen LogP contribution in [0.25, 0.3) is 0 Å². The molecular weight excluding hydrogens is 733 g/mol. The van der Waals surface area contributed by atoms with E-state index in [1.807, 2.05) is 0 Å². The Hall–Kier alpha value is -3.10. The predicted molar refractivity (Wildman–Crippen MR) is 155 cm³/mol. The second-order valence-corrected chi connectivity index (χ2v) is 13.6. The number of hydrogen-bond donors (Lipinski definition) is 1. The van der Waals surface area contributed by atoms with E-state index in [0.717, 1.165) is 4.90 Å².